The van der Waals surface area contributed by atoms with Gasteiger partial charge in [-0.05, 0) is 19.1 Å². The van der Waals surface area contributed by atoms with Crippen molar-refractivity contribution in [3.05, 3.63) is 35.9 Å². The number of nitrogens with one attached hydrogen (secondary N) is 1. The predicted octanol–water partition coefficient (Wildman–Crippen LogP) is 0.958. The number of para-hydroxylation sites is 1. The molecule has 0 aliphatic carbocycles. The third kappa shape index (κ3) is 2.19. The van der Waals surface area contributed by atoms with Crippen molar-refractivity contribution < 1.29 is 9.59 Å². The van der Waals surface area contributed by atoms with Crippen molar-refractivity contribution in [1.82, 2.24) is 10.3 Å². The largest absolute Gasteiger partial charge is 0.335 e. The number of piperazine rings is 1. The Balaban J connectivity index is 2.14. The average molecular weight is 280 g/mol. The number of amides is 2. The van der Waals surface area contributed by atoms with E-state index in [0.717, 1.165) is 5.39 Å². The molecule has 21 heavy (non-hydrogen) atoms. The van der Waals surface area contributed by atoms with E-state index < -0.39 is 6.04 Å². The van der Waals surface area contributed by atoms with E-state index in [1.54, 1.807) is 24.0 Å². The van der Waals surface area contributed by atoms with E-state index in [4.69, 9.17) is 0 Å². The minimum Gasteiger partial charge on any atom is -0.335 e. The SMILES string of the molecule is CC1C(=O)NC(=O)CN1c1cc(C#N)c2ccccc2n1. The fourth-order valence-corrected chi connectivity index (χ4v) is 2.40. The molecule has 1 fully saturated rings. The smallest absolute Gasteiger partial charge is 0.249 e. The summed E-state index contributed by atoms with van der Waals surface area (Å²) in [4.78, 5) is 29.4. The molecule has 104 valence electrons. The van der Waals surface area contributed by atoms with Crippen molar-refractivity contribution in [3.63, 3.8) is 0 Å². The molecule has 1 unspecified atom stereocenters. The van der Waals surface area contributed by atoms with Gasteiger partial charge in [0.15, 0.2) is 0 Å². The van der Waals surface area contributed by atoms with Gasteiger partial charge in [-0.25, -0.2) is 4.98 Å². The second kappa shape index (κ2) is 4.87. The van der Waals surface area contributed by atoms with E-state index in [0.29, 0.717) is 16.9 Å². The molecule has 1 aromatic carbocycles. The summed E-state index contributed by atoms with van der Waals surface area (Å²) < 4.78 is 0. The number of anilines is 1. The van der Waals surface area contributed by atoms with E-state index in [-0.39, 0.29) is 18.4 Å². The third-order valence-corrected chi connectivity index (χ3v) is 3.54. The van der Waals surface area contributed by atoms with Crippen LogP contribution in [-0.4, -0.2) is 29.4 Å². The lowest BCUT2D eigenvalue weighted by Crippen LogP contribution is -2.57. The van der Waals surface area contributed by atoms with E-state index in [1.807, 2.05) is 18.2 Å². The Morgan fingerprint density at radius 1 is 1.38 bits per heavy atom. The molecule has 6 heteroatoms. The molecule has 0 spiro atoms. The van der Waals surface area contributed by atoms with Gasteiger partial charge in [-0.1, -0.05) is 18.2 Å². The number of rotatable bonds is 1. The molecule has 1 saturated heterocycles. The lowest BCUT2D eigenvalue weighted by molar-refractivity contribution is -0.132. The van der Waals surface area contributed by atoms with Crippen LogP contribution in [0.1, 0.15) is 12.5 Å². The summed E-state index contributed by atoms with van der Waals surface area (Å²) >= 11 is 0. The molecule has 1 N–H and O–H groups in total. The number of benzene rings is 1. The van der Waals surface area contributed by atoms with Crippen molar-refractivity contribution in [2.24, 2.45) is 0 Å². The van der Waals surface area contributed by atoms with Crippen LogP contribution < -0.4 is 10.2 Å². The summed E-state index contributed by atoms with van der Waals surface area (Å²) in [6, 6.07) is 10.5. The highest BCUT2D eigenvalue weighted by atomic mass is 16.2. The normalized spacial score (nSPS) is 18.5. The second-order valence-electron chi connectivity index (χ2n) is 4.87. The van der Waals surface area contributed by atoms with Gasteiger partial charge in [0.2, 0.25) is 11.8 Å². The maximum absolute atomic E-state index is 11.7. The Kier molecular flexibility index (Phi) is 3.03. The number of pyridine rings is 1. The molecule has 6 nitrogen and oxygen atoms in total. The van der Waals surface area contributed by atoms with Gasteiger partial charge in [0.25, 0.3) is 0 Å². The molecule has 1 aliphatic heterocycles. The number of carbonyl (C=O) groups excluding carboxylic acids is 2. The van der Waals surface area contributed by atoms with E-state index in [9.17, 15) is 14.9 Å². The highest BCUT2D eigenvalue weighted by Gasteiger charge is 2.31. The van der Waals surface area contributed by atoms with Crippen molar-refractivity contribution in [3.8, 4) is 6.07 Å². The first-order valence-corrected chi connectivity index (χ1v) is 6.50. The Morgan fingerprint density at radius 3 is 2.90 bits per heavy atom. The number of nitrogens with zero attached hydrogens (tertiary/aromatic N) is 3. The standard InChI is InChI=1S/C15H12N4O2/c1-9-15(21)18-14(20)8-19(9)13-6-10(7-16)11-4-2-3-5-12(11)17-13/h2-6,9H,8H2,1H3,(H,18,20,21). The van der Waals surface area contributed by atoms with Gasteiger partial charge >= 0.3 is 0 Å². The maximum Gasteiger partial charge on any atom is 0.249 e. The molecule has 2 aromatic rings. The summed E-state index contributed by atoms with van der Waals surface area (Å²) in [6.45, 7) is 1.74. The number of nitriles is 1. The fraction of sp³-hybridized carbons (Fsp3) is 0.200. The zero-order chi connectivity index (χ0) is 15.0. The van der Waals surface area contributed by atoms with Crippen LogP contribution in [0.15, 0.2) is 30.3 Å². The maximum atomic E-state index is 11.7. The van der Waals surface area contributed by atoms with Crippen molar-refractivity contribution >= 4 is 28.5 Å². The quantitative estimate of drug-likeness (QED) is 0.786. The molecule has 0 saturated carbocycles. The van der Waals surface area contributed by atoms with Crippen LogP contribution in [0.3, 0.4) is 0 Å². The van der Waals surface area contributed by atoms with Gasteiger partial charge in [0.1, 0.15) is 11.9 Å². The number of hydrogen-bond donors (Lipinski definition) is 1. The van der Waals surface area contributed by atoms with Crippen LogP contribution >= 0.6 is 0 Å². The first kappa shape index (κ1) is 13.1. The lowest BCUT2D eigenvalue weighted by atomic mass is 10.1. The number of carbonyl (C=O) groups is 2. The van der Waals surface area contributed by atoms with Crippen LogP contribution in [0.25, 0.3) is 10.9 Å². The molecule has 1 aliphatic rings. The summed E-state index contributed by atoms with van der Waals surface area (Å²) in [5.41, 5.74) is 1.14. The Bertz CT molecular complexity index is 794. The van der Waals surface area contributed by atoms with Gasteiger partial charge in [-0.3, -0.25) is 14.9 Å². The summed E-state index contributed by atoms with van der Waals surface area (Å²) in [5, 5.41) is 12.3. The minimum atomic E-state index is -0.511. The van der Waals surface area contributed by atoms with Gasteiger partial charge < -0.3 is 4.90 Å². The predicted molar refractivity (Wildman–Crippen MR) is 76.4 cm³/mol. The molecule has 2 amide bonds. The molecule has 0 bridgehead atoms. The van der Waals surface area contributed by atoms with Crippen LogP contribution in [0.5, 0.6) is 0 Å². The third-order valence-electron chi connectivity index (χ3n) is 3.54. The highest BCUT2D eigenvalue weighted by molar-refractivity contribution is 6.04. The Morgan fingerprint density at radius 2 is 2.14 bits per heavy atom. The molecular weight excluding hydrogens is 268 g/mol. The zero-order valence-electron chi connectivity index (χ0n) is 11.3. The van der Waals surface area contributed by atoms with E-state index in [2.05, 4.69) is 16.4 Å². The molecule has 0 radical (unpaired) electrons. The minimum absolute atomic E-state index is 0.0448. The van der Waals surface area contributed by atoms with Crippen LogP contribution in [0.2, 0.25) is 0 Å². The lowest BCUT2D eigenvalue weighted by Gasteiger charge is -2.32. The van der Waals surface area contributed by atoms with Crippen molar-refractivity contribution in [2.75, 3.05) is 11.4 Å². The van der Waals surface area contributed by atoms with E-state index >= 15 is 0 Å². The topological polar surface area (TPSA) is 86.1 Å². The molecule has 3 rings (SSSR count). The summed E-state index contributed by atoms with van der Waals surface area (Å²) in [7, 11) is 0. The fourth-order valence-electron chi connectivity index (χ4n) is 2.40. The van der Waals surface area contributed by atoms with Crippen molar-refractivity contribution in [1.29, 1.82) is 5.26 Å². The van der Waals surface area contributed by atoms with Crippen LogP contribution in [-0.2, 0) is 9.59 Å². The molecular formula is C15H12N4O2. The highest BCUT2D eigenvalue weighted by Crippen LogP contribution is 2.24. The van der Waals surface area contributed by atoms with E-state index in [1.165, 1.54) is 0 Å². The second-order valence-corrected chi connectivity index (χ2v) is 4.87. The number of hydrogen-bond acceptors (Lipinski definition) is 5. The first-order valence-electron chi connectivity index (χ1n) is 6.50. The Labute approximate surface area is 121 Å². The zero-order valence-corrected chi connectivity index (χ0v) is 11.3. The molecule has 1 atom stereocenters. The molecule has 2 heterocycles. The number of fused-ring (bicyclic) bond motifs is 1. The van der Waals surface area contributed by atoms with Gasteiger partial charge in [-0.15, -0.1) is 0 Å². The molecule has 1 aromatic heterocycles. The summed E-state index contributed by atoms with van der Waals surface area (Å²) in [5.74, 6) is -0.271. The average Bonchev–Trinajstić information content (AvgIpc) is 2.49. The Hall–Kier alpha value is -2.94. The van der Waals surface area contributed by atoms with Gasteiger partial charge in [0.05, 0.1) is 23.7 Å². The van der Waals surface area contributed by atoms with Gasteiger partial charge in [0, 0.05) is 5.39 Å². The summed E-state index contributed by atoms with van der Waals surface area (Å²) in [6.07, 6.45) is 0. The van der Waals surface area contributed by atoms with Crippen LogP contribution in [0.4, 0.5) is 5.82 Å². The monoisotopic (exact) mass is 280 g/mol. The van der Waals surface area contributed by atoms with Gasteiger partial charge in [-0.2, -0.15) is 5.26 Å². The van der Waals surface area contributed by atoms with Crippen LogP contribution in [0, 0.1) is 11.3 Å². The number of imide groups is 1. The number of aromatic nitrogens is 1. The van der Waals surface area contributed by atoms with Crippen molar-refractivity contribution in [2.45, 2.75) is 13.0 Å². The first-order chi connectivity index (χ1) is 10.1.